The number of benzene rings is 1. The molecule has 0 spiro atoms. The summed E-state index contributed by atoms with van der Waals surface area (Å²) in [4.78, 5) is 26.7. The lowest BCUT2D eigenvalue weighted by molar-refractivity contribution is -0.123. The van der Waals surface area contributed by atoms with Gasteiger partial charge in [0.25, 0.3) is 0 Å². The molecule has 0 N–H and O–H groups in total. The van der Waals surface area contributed by atoms with Crippen LogP contribution in [-0.4, -0.2) is 29.5 Å². The van der Waals surface area contributed by atoms with E-state index in [2.05, 4.69) is 58.0 Å². The molecule has 0 aliphatic heterocycles. The van der Waals surface area contributed by atoms with Crippen LogP contribution in [0.4, 0.5) is 5.82 Å². The molecule has 2 fully saturated rings. The zero-order valence-electron chi connectivity index (χ0n) is 24.9. The summed E-state index contributed by atoms with van der Waals surface area (Å²) < 4.78 is 5.47. The molecule has 40 heavy (non-hydrogen) atoms. The Labute approximate surface area is 244 Å². The molecular formula is C34H45N3O2S. The van der Waals surface area contributed by atoms with Crippen molar-refractivity contribution in [3.8, 4) is 16.2 Å². The number of hydrogen-bond acceptors (Lipinski definition) is 5. The van der Waals surface area contributed by atoms with E-state index in [1.807, 2.05) is 17.3 Å². The molecule has 1 amide bonds. The molecule has 2 saturated carbocycles. The fraction of sp³-hybridized carbons (Fsp3) is 0.559. The second kappa shape index (κ2) is 12.4. The number of aromatic nitrogens is 2. The van der Waals surface area contributed by atoms with Crippen LogP contribution in [0.1, 0.15) is 101 Å². The molecule has 5 rings (SSSR count). The zero-order chi connectivity index (χ0) is 28.3. The van der Waals surface area contributed by atoms with Crippen molar-refractivity contribution in [1.29, 1.82) is 0 Å². The van der Waals surface area contributed by atoms with E-state index in [0.717, 1.165) is 84.9 Å². The SMILES string of the molecule is COc1ccc([C@H]2CC[C@H](CN(C(=O)C3CCCCC3)c3cc(-c4cnc(C(C)(C)C)s4)ccn3)CC2)cc1C. The molecule has 2 heterocycles. The largest absolute Gasteiger partial charge is 0.496 e. The van der Waals surface area contributed by atoms with Crippen molar-refractivity contribution < 1.29 is 9.53 Å². The summed E-state index contributed by atoms with van der Waals surface area (Å²) in [6, 6.07) is 10.8. The molecule has 2 aliphatic rings. The minimum absolute atomic E-state index is 0.0190. The first-order chi connectivity index (χ1) is 19.2. The topological polar surface area (TPSA) is 55.3 Å². The summed E-state index contributed by atoms with van der Waals surface area (Å²) in [5.41, 5.74) is 3.73. The molecule has 3 aromatic rings. The second-order valence-corrected chi connectivity index (χ2v) is 13.9. The van der Waals surface area contributed by atoms with Crippen LogP contribution in [0.5, 0.6) is 5.75 Å². The number of carbonyl (C=O) groups is 1. The van der Waals surface area contributed by atoms with Gasteiger partial charge in [0.1, 0.15) is 11.6 Å². The number of amides is 1. The first-order valence-corrected chi connectivity index (χ1v) is 15.9. The maximum atomic E-state index is 14.0. The van der Waals surface area contributed by atoms with Crippen LogP contribution in [0, 0.1) is 18.8 Å². The number of ether oxygens (including phenoxy) is 1. The lowest BCUT2D eigenvalue weighted by atomic mass is 9.78. The molecular weight excluding hydrogens is 514 g/mol. The van der Waals surface area contributed by atoms with E-state index in [4.69, 9.17) is 14.7 Å². The van der Waals surface area contributed by atoms with Crippen molar-refractivity contribution in [2.45, 2.75) is 96.8 Å². The van der Waals surface area contributed by atoms with E-state index in [1.54, 1.807) is 18.4 Å². The number of hydrogen-bond donors (Lipinski definition) is 0. The summed E-state index contributed by atoms with van der Waals surface area (Å²) in [6.07, 6.45) is 14.0. The number of pyridine rings is 1. The summed E-state index contributed by atoms with van der Waals surface area (Å²) in [7, 11) is 1.73. The highest BCUT2D eigenvalue weighted by Gasteiger charge is 2.32. The maximum absolute atomic E-state index is 14.0. The Hall–Kier alpha value is -2.73. The Kier molecular flexibility index (Phi) is 8.94. The first-order valence-electron chi connectivity index (χ1n) is 15.1. The van der Waals surface area contributed by atoms with E-state index in [0.29, 0.717) is 11.8 Å². The summed E-state index contributed by atoms with van der Waals surface area (Å²) in [5, 5.41) is 1.12. The van der Waals surface area contributed by atoms with E-state index in [-0.39, 0.29) is 17.2 Å². The van der Waals surface area contributed by atoms with Gasteiger partial charge < -0.3 is 4.74 Å². The van der Waals surface area contributed by atoms with Crippen molar-refractivity contribution in [2.75, 3.05) is 18.6 Å². The highest BCUT2D eigenvalue weighted by atomic mass is 32.1. The van der Waals surface area contributed by atoms with Crippen molar-refractivity contribution >= 4 is 23.1 Å². The Bertz CT molecular complexity index is 1300. The average Bonchev–Trinajstić information content (AvgIpc) is 3.48. The van der Waals surface area contributed by atoms with Gasteiger partial charge in [-0.05, 0) is 92.2 Å². The van der Waals surface area contributed by atoms with Crippen LogP contribution in [0.2, 0.25) is 0 Å². The number of nitrogens with zero attached hydrogens (tertiary/aromatic N) is 3. The van der Waals surface area contributed by atoms with Crippen LogP contribution in [0.15, 0.2) is 42.7 Å². The van der Waals surface area contributed by atoms with Crippen LogP contribution in [0.25, 0.3) is 10.4 Å². The predicted octanol–water partition coefficient (Wildman–Crippen LogP) is 8.71. The lowest BCUT2D eigenvalue weighted by Crippen LogP contribution is -2.41. The monoisotopic (exact) mass is 559 g/mol. The predicted molar refractivity (Wildman–Crippen MR) is 165 cm³/mol. The van der Waals surface area contributed by atoms with Crippen molar-refractivity contribution in [3.05, 3.63) is 58.9 Å². The van der Waals surface area contributed by atoms with Gasteiger partial charge in [0.05, 0.1) is 17.0 Å². The molecule has 5 nitrogen and oxygen atoms in total. The minimum Gasteiger partial charge on any atom is -0.496 e. The number of aryl methyl sites for hydroxylation is 1. The Morgan fingerprint density at radius 1 is 1.00 bits per heavy atom. The zero-order valence-corrected chi connectivity index (χ0v) is 25.7. The van der Waals surface area contributed by atoms with Crippen molar-refractivity contribution in [1.82, 2.24) is 9.97 Å². The quantitative estimate of drug-likeness (QED) is 0.290. The molecule has 6 heteroatoms. The molecule has 2 aromatic heterocycles. The fourth-order valence-electron chi connectivity index (χ4n) is 6.43. The van der Waals surface area contributed by atoms with Gasteiger partial charge in [0.2, 0.25) is 5.91 Å². The van der Waals surface area contributed by atoms with Gasteiger partial charge in [-0.1, -0.05) is 52.2 Å². The highest BCUT2D eigenvalue weighted by Crippen LogP contribution is 2.39. The molecule has 214 valence electrons. The number of anilines is 1. The van der Waals surface area contributed by atoms with Crippen LogP contribution >= 0.6 is 11.3 Å². The van der Waals surface area contributed by atoms with Crippen LogP contribution in [-0.2, 0) is 10.2 Å². The third kappa shape index (κ3) is 6.59. The number of methoxy groups -OCH3 is 1. The van der Waals surface area contributed by atoms with Crippen molar-refractivity contribution in [3.63, 3.8) is 0 Å². The Morgan fingerprint density at radius 3 is 2.40 bits per heavy atom. The van der Waals surface area contributed by atoms with Crippen molar-refractivity contribution in [2.24, 2.45) is 11.8 Å². The summed E-state index contributed by atoms with van der Waals surface area (Å²) >= 11 is 1.74. The standard InChI is InChI=1S/C34H45N3O2S/c1-23-19-27(15-16-29(23)39-5)25-13-11-24(12-14-25)22-37(32(38)26-9-7-6-8-10-26)31-20-28(17-18-35-31)30-21-36-33(40-30)34(2,3)4/h15-21,24-26H,6-14,22H2,1-5H3/t24-,25-. The van der Waals surface area contributed by atoms with Gasteiger partial charge >= 0.3 is 0 Å². The lowest BCUT2D eigenvalue weighted by Gasteiger charge is -2.35. The minimum atomic E-state index is 0.0190. The number of thiazole rings is 1. The number of rotatable bonds is 7. The second-order valence-electron chi connectivity index (χ2n) is 12.9. The molecule has 0 atom stereocenters. The maximum Gasteiger partial charge on any atom is 0.231 e. The molecule has 1 aromatic carbocycles. The van der Waals surface area contributed by atoms with Gasteiger partial charge in [-0.3, -0.25) is 9.69 Å². The van der Waals surface area contributed by atoms with Gasteiger partial charge in [-0.15, -0.1) is 11.3 Å². The van der Waals surface area contributed by atoms with Gasteiger partial charge in [0.15, 0.2) is 0 Å². The normalized spacial score (nSPS) is 20.3. The van der Waals surface area contributed by atoms with Gasteiger partial charge in [-0.2, -0.15) is 0 Å². The fourth-order valence-corrected chi connectivity index (χ4v) is 7.40. The van der Waals surface area contributed by atoms with Crippen LogP contribution < -0.4 is 9.64 Å². The molecule has 2 aliphatic carbocycles. The smallest absolute Gasteiger partial charge is 0.231 e. The van der Waals surface area contributed by atoms with Crippen LogP contribution in [0.3, 0.4) is 0 Å². The summed E-state index contributed by atoms with van der Waals surface area (Å²) in [5.74, 6) is 3.21. The van der Waals surface area contributed by atoms with E-state index < -0.39 is 0 Å². The third-order valence-corrected chi connectivity index (χ3v) is 10.3. The summed E-state index contributed by atoms with van der Waals surface area (Å²) in [6.45, 7) is 9.48. The van der Waals surface area contributed by atoms with E-state index >= 15 is 0 Å². The molecule has 0 unspecified atom stereocenters. The Balaban J connectivity index is 1.34. The number of carbonyl (C=O) groups excluding carboxylic acids is 1. The molecule has 0 radical (unpaired) electrons. The average molecular weight is 560 g/mol. The molecule has 0 bridgehead atoms. The highest BCUT2D eigenvalue weighted by molar-refractivity contribution is 7.15. The van der Waals surface area contributed by atoms with E-state index in [9.17, 15) is 4.79 Å². The molecule has 0 saturated heterocycles. The Morgan fingerprint density at radius 2 is 1.75 bits per heavy atom. The third-order valence-electron chi connectivity index (χ3n) is 8.85. The first kappa shape index (κ1) is 28.8. The van der Waals surface area contributed by atoms with Gasteiger partial charge in [-0.25, -0.2) is 9.97 Å². The van der Waals surface area contributed by atoms with E-state index in [1.165, 1.54) is 17.5 Å². The van der Waals surface area contributed by atoms with Gasteiger partial charge in [0, 0.05) is 30.3 Å².